The van der Waals surface area contributed by atoms with Gasteiger partial charge in [-0.1, -0.05) is 6.07 Å². The van der Waals surface area contributed by atoms with E-state index in [-0.39, 0.29) is 24.7 Å². The Balaban J connectivity index is 1.55. The molecular weight excluding hydrogens is 362 g/mol. The van der Waals surface area contributed by atoms with Gasteiger partial charge in [0.1, 0.15) is 10.3 Å². The molecule has 0 spiro atoms. The summed E-state index contributed by atoms with van der Waals surface area (Å²) in [6.45, 7) is 0.851. The first-order valence-electron chi connectivity index (χ1n) is 7.78. The monoisotopic (exact) mass is 381 g/mol. The molecule has 0 aliphatic carbocycles. The Morgan fingerprint density at radius 3 is 2.92 bits per heavy atom. The molecule has 2 atom stereocenters. The highest BCUT2D eigenvalue weighted by Crippen LogP contribution is 2.28. The van der Waals surface area contributed by atoms with Crippen LogP contribution < -0.4 is 10.6 Å². The van der Waals surface area contributed by atoms with Crippen molar-refractivity contribution in [1.29, 1.82) is 0 Å². The van der Waals surface area contributed by atoms with Gasteiger partial charge in [0.25, 0.3) is 0 Å². The van der Waals surface area contributed by atoms with Crippen LogP contribution in [0.25, 0.3) is 0 Å². The molecule has 0 unspecified atom stereocenters. The van der Waals surface area contributed by atoms with Gasteiger partial charge in [-0.15, -0.1) is 11.3 Å². The van der Waals surface area contributed by atoms with Crippen molar-refractivity contribution in [2.75, 3.05) is 12.9 Å². The van der Waals surface area contributed by atoms with E-state index >= 15 is 0 Å². The molecule has 2 N–H and O–H groups in total. The minimum Gasteiger partial charge on any atom is -0.371 e. The van der Waals surface area contributed by atoms with E-state index in [1.165, 1.54) is 6.26 Å². The highest BCUT2D eigenvalue weighted by molar-refractivity contribution is 7.92. The minimum atomic E-state index is -3.21. The van der Waals surface area contributed by atoms with Crippen molar-refractivity contribution in [3.8, 4) is 0 Å². The summed E-state index contributed by atoms with van der Waals surface area (Å²) in [5.74, 6) is 0. The summed E-state index contributed by atoms with van der Waals surface area (Å²) in [5, 5.41) is 5.68. The fourth-order valence-corrected chi connectivity index (χ4v) is 4.57. The molecule has 1 aliphatic rings. The molecule has 2 aromatic rings. The molecule has 2 amide bonds. The molecule has 0 aromatic carbocycles. The van der Waals surface area contributed by atoms with Crippen LogP contribution in [-0.4, -0.2) is 38.3 Å². The van der Waals surface area contributed by atoms with Gasteiger partial charge in [0.2, 0.25) is 0 Å². The van der Waals surface area contributed by atoms with Gasteiger partial charge >= 0.3 is 6.03 Å². The average molecular weight is 381 g/mol. The van der Waals surface area contributed by atoms with E-state index in [4.69, 9.17) is 4.74 Å². The molecular formula is C16H19N3O4S2. The molecule has 1 saturated heterocycles. The number of ether oxygens (including phenoxy) is 1. The Labute approximate surface area is 150 Å². The van der Waals surface area contributed by atoms with Gasteiger partial charge in [0.05, 0.1) is 12.6 Å². The number of hydrogen-bond acceptors (Lipinski definition) is 6. The van der Waals surface area contributed by atoms with Crippen LogP contribution in [0.1, 0.15) is 23.0 Å². The van der Waals surface area contributed by atoms with E-state index in [2.05, 4.69) is 15.6 Å². The normalized spacial score (nSPS) is 20.4. The molecule has 3 heterocycles. The average Bonchev–Trinajstić information content (AvgIpc) is 3.22. The van der Waals surface area contributed by atoms with E-state index in [9.17, 15) is 13.2 Å². The van der Waals surface area contributed by atoms with E-state index in [0.717, 1.165) is 28.2 Å². The van der Waals surface area contributed by atoms with Crippen molar-refractivity contribution in [3.05, 3.63) is 47.1 Å². The third-order valence-corrected chi connectivity index (χ3v) is 6.75. The molecule has 9 heteroatoms. The highest BCUT2D eigenvalue weighted by Gasteiger charge is 2.31. The summed E-state index contributed by atoms with van der Waals surface area (Å²) >= 11 is 1.16. The first-order chi connectivity index (χ1) is 11.9. The molecule has 2 aromatic heterocycles. The number of rotatable bonds is 5. The maximum atomic E-state index is 12.1. The zero-order valence-electron chi connectivity index (χ0n) is 13.6. The number of carbonyl (C=O) groups excluding carboxylic acids is 1. The van der Waals surface area contributed by atoms with Crippen molar-refractivity contribution in [1.82, 2.24) is 15.6 Å². The molecule has 0 saturated carbocycles. The smallest absolute Gasteiger partial charge is 0.315 e. The summed E-state index contributed by atoms with van der Waals surface area (Å²) in [4.78, 5) is 17.0. The maximum absolute atomic E-state index is 12.1. The highest BCUT2D eigenvalue weighted by atomic mass is 32.2. The molecule has 25 heavy (non-hydrogen) atoms. The van der Waals surface area contributed by atoms with Crippen LogP contribution in [0, 0.1) is 0 Å². The van der Waals surface area contributed by atoms with Gasteiger partial charge < -0.3 is 15.4 Å². The second kappa shape index (κ2) is 7.51. The largest absolute Gasteiger partial charge is 0.371 e. The van der Waals surface area contributed by atoms with Crippen LogP contribution in [0.15, 0.2) is 40.9 Å². The lowest BCUT2D eigenvalue weighted by Crippen LogP contribution is -2.43. The quantitative estimate of drug-likeness (QED) is 0.824. The van der Waals surface area contributed by atoms with Gasteiger partial charge in [-0.3, -0.25) is 4.98 Å². The number of hydrogen-bond donors (Lipinski definition) is 2. The summed E-state index contributed by atoms with van der Waals surface area (Å²) in [7, 11) is -3.21. The summed E-state index contributed by atoms with van der Waals surface area (Å²) in [5.41, 5.74) is 0.932. The standard InChI is InChI=1S/C16H19N3O4S2/c1-25(21,22)14-5-4-12(24-14)10-18-16(20)19-13-6-8-23-15(13)11-3-2-7-17-9-11/h2-5,7,9,13,15H,6,8,10H2,1H3,(H2,18,19,20)/t13-,15+/m1/s1. The predicted octanol–water partition coefficient (Wildman–Crippen LogP) is 1.88. The Hall–Kier alpha value is -1.97. The van der Waals surface area contributed by atoms with Crippen molar-refractivity contribution >= 4 is 27.2 Å². The van der Waals surface area contributed by atoms with Crippen LogP contribution in [0.4, 0.5) is 4.79 Å². The van der Waals surface area contributed by atoms with E-state index < -0.39 is 9.84 Å². The number of sulfone groups is 1. The predicted molar refractivity (Wildman–Crippen MR) is 94.1 cm³/mol. The number of amides is 2. The Kier molecular flexibility index (Phi) is 5.36. The molecule has 0 bridgehead atoms. The van der Waals surface area contributed by atoms with Gasteiger partial charge in [-0.2, -0.15) is 0 Å². The van der Waals surface area contributed by atoms with Crippen LogP contribution in [0.3, 0.4) is 0 Å². The summed E-state index contributed by atoms with van der Waals surface area (Å²) < 4.78 is 29.0. The van der Waals surface area contributed by atoms with Crippen LogP contribution in [0.5, 0.6) is 0 Å². The Bertz CT molecular complexity index is 836. The van der Waals surface area contributed by atoms with Crippen LogP contribution in [-0.2, 0) is 21.1 Å². The first-order valence-corrected chi connectivity index (χ1v) is 10.5. The second-order valence-corrected chi connectivity index (χ2v) is 9.20. The SMILES string of the molecule is CS(=O)(=O)c1ccc(CNC(=O)N[C@@H]2CCO[C@H]2c2cccnc2)s1. The second-order valence-electron chi connectivity index (χ2n) is 5.79. The molecule has 0 radical (unpaired) electrons. The van der Waals surface area contributed by atoms with Crippen molar-refractivity contribution in [2.45, 2.75) is 29.3 Å². The van der Waals surface area contributed by atoms with Gasteiger partial charge in [0.15, 0.2) is 9.84 Å². The number of nitrogens with one attached hydrogen (secondary N) is 2. The minimum absolute atomic E-state index is 0.126. The fraction of sp³-hybridized carbons (Fsp3) is 0.375. The molecule has 1 fully saturated rings. The fourth-order valence-electron chi connectivity index (χ4n) is 2.65. The van der Waals surface area contributed by atoms with Gasteiger partial charge in [-0.25, -0.2) is 13.2 Å². The van der Waals surface area contributed by atoms with E-state index in [0.29, 0.717) is 10.8 Å². The topological polar surface area (TPSA) is 97.4 Å². The van der Waals surface area contributed by atoms with Crippen molar-refractivity contribution in [2.24, 2.45) is 0 Å². The van der Waals surface area contributed by atoms with Crippen LogP contribution >= 0.6 is 11.3 Å². The number of aromatic nitrogens is 1. The van der Waals surface area contributed by atoms with Crippen molar-refractivity contribution < 1.29 is 17.9 Å². The van der Waals surface area contributed by atoms with E-state index in [1.807, 2.05) is 12.1 Å². The third-order valence-electron chi connectivity index (χ3n) is 3.85. The molecule has 7 nitrogen and oxygen atoms in total. The Morgan fingerprint density at radius 2 is 2.24 bits per heavy atom. The number of pyridine rings is 1. The molecule has 134 valence electrons. The van der Waals surface area contributed by atoms with Crippen molar-refractivity contribution in [3.63, 3.8) is 0 Å². The zero-order chi connectivity index (χ0) is 17.9. The van der Waals surface area contributed by atoms with E-state index in [1.54, 1.807) is 24.5 Å². The zero-order valence-corrected chi connectivity index (χ0v) is 15.3. The lowest BCUT2D eigenvalue weighted by molar-refractivity contribution is 0.0996. The third kappa shape index (κ3) is 4.56. The lowest BCUT2D eigenvalue weighted by atomic mass is 10.0. The van der Waals surface area contributed by atoms with Crippen LogP contribution in [0.2, 0.25) is 0 Å². The molecule has 1 aliphatic heterocycles. The number of carbonyl (C=O) groups is 1. The maximum Gasteiger partial charge on any atom is 0.315 e. The molecule has 3 rings (SSSR count). The lowest BCUT2D eigenvalue weighted by Gasteiger charge is -2.20. The summed E-state index contributed by atoms with van der Waals surface area (Å²) in [6.07, 6.45) is 5.12. The summed E-state index contributed by atoms with van der Waals surface area (Å²) in [6, 6.07) is 6.59. The number of urea groups is 1. The number of nitrogens with zero attached hydrogens (tertiary/aromatic N) is 1. The number of thiophene rings is 1. The van der Waals surface area contributed by atoms with Gasteiger partial charge in [0, 0.05) is 35.7 Å². The first kappa shape index (κ1) is 17.8. The van der Waals surface area contributed by atoms with Gasteiger partial charge in [-0.05, 0) is 24.6 Å². The Morgan fingerprint density at radius 1 is 1.40 bits per heavy atom.